The van der Waals surface area contributed by atoms with E-state index in [0.717, 1.165) is 13.2 Å². The van der Waals surface area contributed by atoms with Crippen LogP contribution in [-0.2, 0) is 9.47 Å². The molecule has 0 saturated heterocycles. The molecular formula is C11H12O6. The number of ether oxygens (including phenoxy) is 2. The summed E-state index contributed by atoms with van der Waals surface area (Å²) in [5.41, 5.74) is -0.569. The van der Waals surface area contributed by atoms with Gasteiger partial charge in [-0.15, -0.1) is 0 Å². The first-order chi connectivity index (χ1) is 8.02. The predicted molar refractivity (Wildman–Crippen MR) is 57.1 cm³/mol. The summed E-state index contributed by atoms with van der Waals surface area (Å²) >= 11 is 0. The smallest absolute Gasteiger partial charge is 0.342 e. The van der Waals surface area contributed by atoms with Crippen molar-refractivity contribution < 1.29 is 29.3 Å². The van der Waals surface area contributed by atoms with Crippen molar-refractivity contribution >= 4 is 11.9 Å². The number of carbonyl (C=O) groups excluding carboxylic acids is 2. The zero-order valence-electron chi connectivity index (χ0n) is 9.39. The van der Waals surface area contributed by atoms with Gasteiger partial charge in [-0.05, 0) is 19.1 Å². The van der Waals surface area contributed by atoms with Crippen LogP contribution < -0.4 is 0 Å². The molecule has 0 bridgehead atoms. The van der Waals surface area contributed by atoms with Crippen LogP contribution >= 0.6 is 0 Å². The Kier molecular flexibility index (Phi) is 3.92. The van der Waals surface area contributed by atoms with E-state index in [0.29, 0.717) is 0 Å². The molecule has 0 atom stereocenters. The van der Waals surface area contributed by atoms with Crippen LogP contribution in [0.15, 0.2) is 12.1 Å². The van der Waals surface area contributed by atoms with Crippen molar-refractivity contribution in [2.75, 3.05) is 13.7 Å². The minimum atomic E-state index is -0.929. The Morgan fingerprint density at radius 3 is 2.41 bits per heavy atom. The third kappa shape index (κ3) is 2.47. The number of hydrogen-bond donors (Lipinski definition) is 2. The monoisotopic (exact) mass is 240 g/mol. The van der Waals surface area contributed by atoms with Gasteiger partial charge < -0.3 is 19.7 Å². The lowest BCUT2D eigenvalue weighted by Crippen LogP contribution is -2.13. The van der Waals surface area contributed by atoms with E-state index in [4.69, 9.17) is 4.74 Å². The first-order valence-electron chi connectivity index (χ1n) is 4.83. The summed E-state index contributed by atoms with van der Waals surface area (Å²) in [6.07, 6.45) is 0. The van der Waals surface area contributed by atoms with Crippen LogP contribution in [0.2, 0.25) is 0 Å². The number of rotatable bonds is 3. The van der Waals surface area contributed by atoms with Crippen molar-refractivity contribution in [3.63, 3.8) is 0 Å². The number of benzene rings is 1. The molecule has 0 spiro atoms. The number of methoxy groups -OCH3 is 1. The molecule has 0 fully saturated rings. The highest BCUT2D eigenvalue weighted by Gasteiger charge is 2.24. The molecule has 0 aliphatic rings. The van der Waals surface area contributed by atoms with Gasteiger partial charge >= 0.3 is 11.9 Å². The van der Waals surface area contributed by atoms with Crippen LogP contribution in [0.25, 0.3) is 0 Å². The minimum absolute atomic E-state index is 0.126. The third-order valence-electron chi connectivity index (χ3n) is 2.04. The maximum absolute atomic E-state index is 11.5. The molecule has 1 aromatic carbocycles. The third-order valence-corrected chi connectivity index (χ3v) is 2.04. The summed E-state index contributed by atoms with van der Waals surface area (Å²) in [7, 11) is 1.10. The summed E-state index contributed by atoms with van der Waals surface area (Å²) in [4.78, 5) is 22.9. The summed E-state index contributed by atoms with van der Waals surface area (Å²) in [6, 6.07) is 2.27. The summed E-state index contributed by atoms with van der Waals surface area (Å²) in [5.74, 6) is -2.93. The Hall–Kier alpha value is -2.24. The topological polar surface area (TPSA) is 93.1 Å². The molecule has 0 aromatic heterocycles. The number of phenols is 2. The van der Waals surface area contributed by atoms with Gasteiger partial charge in [0, 0.05) is 0 Å². The summed E-state index contributed by atoms with van der Waals surface area (Å²) in [5, 5.41) is 18.8. The molecule has 0 heterocycles. The summed E-state index contributed by atoms with van der Waals surface area (Å²) in [6.45, 7) is 1.73. The Labute approximate surface area is 97.4 Å². The van der Waals surface area contributed by atoms with Gasteiger partial charge in [-0.2, -0.15) is 0 Å². The Morgan fingerprint density at radius 1 is 1.24 bits per heavy atom. The quantitative estimate of drug-likeness (QED) is 0.606. The zero-order chi connectivity index (χ0) is 13.0. The SMILES string of the molecule is CCOC(=O)c1ccc(O)c(O)c1C(=O)OC. The van der Waals surface area contributed by atoms with Gasteiger partial charge in [0.25, 0.3) is 0 Å². The molecule has 0 aliphatic carbocycles. The first kappa shape index (κ1) is 12.8. The Morgan fingerprint density at radius 2 is 1.88 bits per heavy atom. The zero-order valence-corrected chi connectivity index (χ0v) is 9.39. The lowest BCUT2D eigenvalue weighted by Gasteiger charge is -2.09. The van der Waals surface area contributed by atoms with E-state index in [1.54, 1.807) is 6.92 Å². The predicted octanol–water partition coefficient (Wildman–Crippen LogP) is 1.06. The lowest BCUT2D eigenvalue weighted by molar-refractivity contribution is 0.0502. The van der Waals surface area contributed by atoms with Crippen LogP contribution in [0, 0.1) is 0 Å². The molecule has 17 heavy (non-hydrogen) atoms. The van der Waals surface area contributed by atoms with Gasteiger partial charge in [-0.3, -0.25) is 0 Å². The highest BCUT2D eigenvalue weighted by molar-refractivity contribution is 6.05. The number of carbonyl (C=O) groups is 2. The highest BCUT2D eigenvalue weighted by Crippen LogP contribution is 2.32. The van der Waals surface area contributed by atoms with E-state index in [-0.39, 0.29) is 12.2 Å². The Bertz CT molecular complexity index is 452. The van der Waals surface area contributed by atoms with Crippen molar-refractivity contribution in [2.45, 2.75) is 6.92 Å². The van der Waals surface area contributed by atoms with E-state index in [1.807, 2.05) is 0 Å². The second-order valence-corrected chi connectivity index (χ2v) is 3.07. The van der Waals surface area contributed by atoms with Crippen molar-refractivity contribution in [1.29, 1.82) is 0 Å². The standard InChI is InChI=1S/C11H12O6/c1-3-17-10(14)6-4-5-7(12)9(13)8(6)11(15)16-2/h4-5,12-13H,3H2,1-2H3. The maximum Gasteiger partial charge on any atom is 0.342 e. The van der Waals surface area contributed by atoms with Crippen LogP contribution in [0.1, 0.15) is 27.6 Å². The molecule has 6 heteroatoms. The molecule has 0 unspecified atom stereocenters. The maximum atomic E-state index is 11.5. The molecule has 0 amide bonds. The molecule has 1 aromatic rings. The van der Waals surface area contributed by atoms with Crippen molar-refractivity contribution in [3.8, 4) is 11.5 Å². The number of hydrogen-bond acceptors (Lipinski definition) is 6. The average molecular weight is 240 g/mol. The number of phenolic OH excluding ortho intramolecular Hbond substituents is 2. The van der Waals surface area contributed by atoms with Gasteiger partial charge in [0.1, 0.15) is 5.56 Å². The van der Waals surface area contributed by atoms with Gasteiger partial charge in [0.2, 0.25) is 0 Å². The molecule has 6 nitrogen and oxygen atoms in total. The van der Waals surface area contributed by atoms with E-state index >= 15 is 0 Å². The average Bonchev–Trinajstić information content (AvgIpc) is 2.31. The molecule has 1 rings (SSSR count). The lowest BCUT2D eigenvalue weighted by atomic mass is 10.1. The molecule has 0 saturated carbocycles. The van der Waals surface area contributed by atoms with E-state index in [9.17, 15) is 19.8 Å². The van der Waals surface area contributed by atoms with Gasteiger partial charge in [-0.1, -0.05) is 0 Å². The number of esters is 2. The Balaban J connectivity index is 3.35. The number of aromatic hydroxyl groups is 2. The highest BCUT2D eigenvalue weighted by atomic mass is 16.5. The van der Waals surface area contributed by atoms with E-state index in [2.05, 4.69) is 4.74 Å². The molecule has 0 aliphatic heterocycles. The van der Waals surface area contributed by atoms with Gasteiger partial charge in [0.05, 0.1) is 19.3 Å². The fraction of sp³-hybridized carbons (Fsp3) is 0.273. The van der Waals surface area contributed by atoms with E-state index in [1.165, 1.54) is 6.07 Å². The fourth-order valence-electron chi connectivity index (χ4n) is 1.27. The molecule has 92 valence electrons. The van der Waals surface area contributed by atoms with E-state index < -0.39 is 29.0 Å². The second kappa shape index (κ2) is 5.20. The van der Waals surface area contributed by atoms with Gasteiger partial charge in [0.15, 0.2) is 11.5 Å². The largest absolute Gasteiger partial charge is 0.504 e. The minimum Gasteiger partial charge on any atom is -0.504 e. The molecular weight excluding hydrogens is 228 g/mol. The second-order valence-electron chi connectivity index (χ2n) is 3.07. The van der Waals surface area contributed by atoms with Crippen LogP contribution in [0.5, 0.6) is 11.5 Å². The normalized spacial score (nSPS) is 9.76. The van der Waals surface area contributed by atoms with Crippen LogP contribution in [-0.4, -0.2) is 35.9 Å². The van der Waals surface area contributed by atoms with Crippen molar-refractivity contribution in [3.05, 3.63) is 23.3 Å². The fourth-order valence-corrected chi connectivity index (χ4v) is 1.27. The molecule has 0 radical (unpaired) electrons. The van der Waals surface area contributed by atoms with Crippen molar-refractivity contribution in [2.24, 2.45) is 0 Å². The first-order valence-corrected chi connectivity index (χ1v) is 4.83. The summed E-state index contributed by atoms with van der Waals surface area (Å²) < 4.78 is 9.14. The van der Waals surface area contributed by atoms with Gasteiger partial charge in [-0.25, -0.2) is 9.59 Å². The van der Waals surface area contributed by atoms with Crippen LogP contribution in [0.3, 0.4) is 0 Å². The molecule has 2 N–H and O–H groups in total. The van der Waals surface area contributed by atoms with Crippen LogP contribution in [0.4, 0.5) is 0 Å². The van der Waals surface area contributed by atoms with Crippen molar-refractivity contribution in [1.82, 2.24) is 0 Å².